The second-order valence-electron chi connectivity index (χ2n) is 6.22. The second-order valence-corrected chi connectivity index (χ2v) is 6.22. The fourth-order valence-corrected chi connectivity index (χ4v) is 2.94. The number of para-hydroxylation sites is 1. The van der Waals surface area contributed by atoms with E-state index in [9.17, 15) is 19.2 Å². The SMILES string of the molecule is CCCn1c(N)c(C(=O)COC(=O)c2oc3ccccc3c2C)c(=O)[nH]c1=O. The molecule has 0 atom stereocenters. The fourth-order valence-electron chi connectivity index (χ4n) is 2.94. The van der Waals surface area contributed by atoms with Gasteiger partial charge in [0.15, 0.2) is 6.61 Å². The average Bonchev–Trinajstić information content (AvgIpc) is 3.00. The number of aryl methyl sites for hydroxylation is 1. The number of nitrogens with two attached hydrogens (primary N) is 1. The molecular formula is C19H19N3O6. The summed E-state index contributed by atoms with van der Waals surface area (Å²) in [6.07, 6.45) is 0.574. The van der Waals surface area contributed by atoms with Crippen LogP contribution < -0.4 is 17.0 Å². The van der Waals surface area contributed by atoms with Crippen LogP contribution in [0.2, 0.25) is 0 Å². The summed E-state index contributed by atoms with van der Waals surface area (Å²) in [4.78, 5) is 50.6. The van der Waals surface area contributed by atoms with E-state index >= 15 is 0 Å². The minimum Gasteiger partial charge on any atom is -0.451 e. The molecule has 3 rings (SSSR count). The molecule has 1 aromatic carbocycles. The number of ether oxygens (including phenoxy) is 1. The van der Waals surface area contributed by atoms with E-state index in [4.69, 9.17) is 14.9 Å². The van der Waals surface area contributed by atoms with E-state index < -0.39 is 35.2 Å². The molecule has 0 saturated carbocycles. The van der Waals surface area contributed by atoms with Crippen LogP contribution in [0.3, 0.4) is 0 Å². The summed E-state index contributed by atoms with van der Waals surface area (Å²) >= 11 is 0. The van der Waals surface area contributed by atoms with Crippen molar-refractivity contribution in [3.05, 3.63) is 62.0 Å². The molecule has 3 N–H and O–H groups in total. The Morgan fingerprint density at radius 1 is 1.25 bits per heavy atom. The number of hydrogen-bond acceptors (Lipinski definition) is 7. The van der Waals surface area contributed by atoms with Gasteiger partial charge in [0.1, 0.15) is 17.0 Å². The largest absolute Gasteiger partial charge is 0.451 e. The van der Waals surface area contributed by atoms with Crippen molar-refractivity contribution in [1.82, 2.24) is 9.55 Å². The molecule has 0 saturated heterocycles. The van der Waals surface area contributed by atoms with Gasteiger partial charge in [-0.15, -0.1) is 0 Å². The van der Waals surface area contributed by atoms with Crippen molar-refractivity contribution in [3.63, 3.8) is 0 Å². The summed E-state index contributed by atoms with van der Waals surface area (Å²) in [6.45, 7) is 3.04. The van der Waals surface area contributed by atoms with Gasteiger partial charge in [-0.2, -0.15) is 0 Å². The number of anilines is 1. The first kappa shape index (κ1) is 19.2. The predicted octanol–water partition coefficient (Wildman–Crippen LogP) is 1.62. The van der Waals surface area contributed by atoms with Crippen LogP contribution in [0, 0.1) is 6.92 Å². The number of nitrogens with zero attached hydrogens (tertiary/aromatic N) is 1. The molecule has 2 aromatic heterocycles. The van der Waals surface area contributed by atoms with Crippen LogP contribution in [0.1, 0.15) is 39.8 Å². The van der Waals surface area contributed by atoms with E-state index in [2.05, 4.69) is 4.98 Å². The Labute approximate surface area is 158 Å². The normalized spacial score (nSPS) is 10.9. The molecule has 0 amide bonds. The number of fused-ring (bicyclic) bond motifs is 1. The number of aromatic amines is 1. The zero-order chi connectivity index (χ0) is 20.4. The zero-order valence-corrected chi connectivity index (χ0v) is 15.4. The molecule has 0 fully saturated rings. The Bertz CT molecular complexity index is 1180. The van der Waals surface area contributed by atoms with E-state index in [-0.39, 0.29) is 18.1 Å². The monoisotopic (exact) mass is 385 g/mol. The van der Waals surface area contributed by atoms with E-state index in [0.717, 1.165) is 9.95 Å². The molecule has 0 aliphatic heterocycles. The number of nitrogen functional groups attached to an aromatic ring is 1. The number of esters is 1. The molecule has 2 heterocycles. The molecule has 28 heavy (non-hydrogen) atoms. The highest BCUT2D eigenvalue weighted by Gasteiger charge is 2.23. The summed E-state index contributed by atoms with van der Waals surface area (Å²) in [5, 5.41) is 0.758. The van der Waals surface area contributed by atoms with Crippen LogP contribution in [0.15, 0.2) is 38.3 Å². The Morgan fingerprint density at radius 2 is 1.96 bits per heavy atom. The molecule has 9 heteroatoms. The zero-order valence-electron chi connectivity index (χ0n) is 15.4. The van der Waals surface area contributed by atoms with Crippen molar-refractivity contribution in [2.24, 2.45) is 0 Å². The molecule has 146 valence electrons. The number of nitrogens with one attached hydrogen (secondary N) is 1. The van der Waals surface area contributed by atoms with Gasteiger partial charge in [0, 0.05) is 17.5 Å². The Hall–Kier alpha value is -3.62. The molecular weight excluding hydrogens is 366 g/mol. The first-order valence-corrected chi connectivity index (χ1v) is 8.66. The first-order valence-electron chi connectivity index (χ1n) is 8.66. The Morgan fingerprint density at radius 3 is 2.64 bits per heavy atom. The number of ketones is 1. The lowest BCUT2D eigenvalue weighted by Crippen LogP contribution is -2.37. The topological polar surface area (TPSA) is 137 Å². The minimum atomic E-state index is -0.921. The average molecular weight is 385 g/mol. The third-order valence-electron chi connectivity index (χ3n) is 4.33. The van der Waals surface area contributed by atoms with Crippen molar-refractivity contribution in [1.29, 1.82) is 0 Å². The van der Waals surface area contributed by atoms with Crippen LogP contribution in [0.4, 0.5) is 5.82 Å². The van der Waals surface area contributed by atoms with E-state index in [0.29, 0.717) is 17.6 Å². The van der Waals surface area contributed by atoms with Crippen molar-refractivity contribution in [2.45, 2.75) is 26.8 Å². The number of carbonyl (C=O) groups is 2. The quantitative estimate of drug-likeness (QED) is 0.486. The third kappa shape index (κ3) is 3.34. The highest BCUT2D eigenvalue weighted by molar-refractivity contribution is 6.02. The number of aromatic nitrogens is 2. The van der Waals surface area contributed by atoms with E-state index in [1.807, 2.05) is 13.0 Å². The van der Waals surface area contributed by atoms with Gasteiger partial charge in [0.05, 0.1) is 0 Å². The molecule has 0 aliphatic rings. The summed E-state index contributed by atoms with van der Waals surface area (Å²) in [5.74, 6) is -1.92. The molecule has 0 aliphatic carbocycles. The number of H-pyrrole nitrogens is 1. The fraction of sp³-hybridized carbons (Fsp3) is 0.263. The molecule has 9 nitrogen and oxygen atoms in total. The van der Waals surface area contributed by atoms with Crippen molar-refractivity contribution in [2.75, 3.05) is 12.3 Å². The smallest absolute Gasteiger partial charge is 0.375 e. The van der Waals surface area contributed by atoms with Crippen molar-refractivity contribution in [3.8, 4) is 0 Å². The van der Waals surface area contributed by atoms with Gasteiger partial charge >= 0.3 is 11.7 Å². The van der Waals surface area contributed by atoms with E-state index in [1.165, 1.54) is 0 Å². The maximum atomic E-state index is 12.4. The lowest BCUT2D eigenvalue weighted by molar-refractivity contribution is 0.0444. The number of rotatable bonds is 6. The second kappa shape index (κ2) is 7.55. The Balaban J connectivity index is 1.83. The molecule has 0 unspecified atom stereocenters. The lowest BCUT2D eigenvalue weighted by atomic mass is 10.1. The highest BCUT2D eigenvalue weighted by Crippen LogP contribution is 2.25. The van der Waals surface area contributed by atoms with Gasteiger partial charge in [-0.05, 0) is 19.4 Å². The number of furan rings is 1. The number of carbonyl (C=O) groups excluding carboxylic acids is 2. The maximum Gasteiger partial charge on any atom is 0.375 e. The van der Waals surface area contributed by atoms with Gasteiger partial charge in [-0.25, -0.2) is 9.59 Å². The van der Waals surface area contributed by atoms with Gasteiger partial charge in [-0.3, -0.25) is 19.1 Å². The molecule has 0 bridgehead atoms. The van der Waals surface area contributed by atoms with Crippen molar-refractivity contribution >= 4 is 28.5 Å². The first-order chi connectivity index (χ1) is 13.3. The Kier molecular flexibility index (Phi) is 5.16. The third-order valence-corrected chi connectivity index (χ3v) is 4.33. The van der Waals surface area contributed by atoms with Crippen LogP contribution >= 0.6 is 0 Å². The van der Waals surface area contributed by atoms with Gasteiger partial charge in [0.25, 0.3) is 5.56 Å². The van der Waals surface area contributed by atoms with Crippen LogP contribution in [0.5, 0.6) is 0 Å². The number of hydrogen-bond donors (Lipinski definition) is 2. The standard InChI is InChI=1S/C19H19N3O6/c1-3-8-22-16(20)14(17(24)21-19(22)26)12(23)9-27-18(25)15-10(2)11-6-4-5-7-13(11)28-15/h4-7H,3,8-9,20H2,1-2H3,(H,21,24,26). The van der Waals surface area contributed by atoms with Crippen LogP contribution in [0.25, 0.3) is 11.0 Å². The van der Waals surface area contributed by atoms with Gasteiger partial charge < -0.3 is 14.9 Å². The van der Waals surface area contributed by atoms with Crippen LogP contribution in [-0.4, -0.2) is 27.9 Å². The molecule has 3 aromatic rings. The lowest BCUT2D eigenvalue weighted by Gasteiger charge is -2.11. The maximum absolute atomic E-state index is 12.4. The minimum absolute atomic E-state index is 0.0214. The molecule has 0 spiro atoms. The summed E-state index contributed by atoms with van der Waals surface area (Å²) in [5.41, 5.74) is 4.90. The van der Waals surface area contributed by atoms with Crippen molar-refractivity contribution < 1.29 is 18.7 Å². The van der Waals surface area contributed by atoms with Crippen LogP contribution in [-0.2, 0) is 11.3 Å². The van der Waals surface area contributed by atoms with Gasteiger partial charge in [0.2, 0.25) is 11.5 Å². The highest BCUT2D eigenvalue weighted by atomic mass is 16.5. The predicted molar refractivity (Wildman–Crippen MR) is 102 cm³/mol. The number of Topliss-reactive ketones (excluding diaryl/α,β-unsaturated/α-hetero) is 1. The van der Waals surface area contributed by atoms with Gasteiger partial charge in [-0.1, -0.05) is 25.1 Å². The van der Waals surface area contributed by atoms with E-state index in [1.54, 1.807) is 25.1 Å². The summed E-state index contributed by atoms with van der Waals surface area (Å²) < 4.78 is 11.6. The summed E-state index contributed by atoms with van der Waals surface area (Å²) in [7, 11) is 0. The summed E-state index contributed by atoms with van der Waals surface area (Å²) in [6, 6.07) is 7.09. The number of benzene rings is 1. The molecule has 0 radical (unpaired) electrons.